The van der Waals surface area contributed by atoms with Crippen molar-refractivity contribution >= 4 is 11.8 Å². The van der Waals surface area contributed by atoms with E-state index in [2.05, 4.69) is 59.2 Å². The van der Waals surface area contributed by atoms with Gasteiger partial charge in [0, 0.05) is 43.7 Å². The van der Waals surface area contributed by atoms with Gasteiger partial charge in [-0.05, 0) is 12.0 Å². The Morgan fingerprint density at radius 1 is 1.21 bits per heavy atom. The van der Waals surface area contributed by atoms with Gasteiger partial charge in [-0.2, -0.15) is 11.8 Å². The maximum absolute atomic E-state index is 3.74. The predicted octanol–water partition coefficient (Wildman–Crippen LogP) is 3.17. The molecule has 1 aromatic rings. The highest BCUT2D eigenvalue weighted by atomic mass is 32.2. The Kier molecular flexibility index (Phi) is 6.75. The zero-order valence-electron chi connectivity index (χ0n) is 12.0. The fourth-order valence-corrected chi connectivity index (χ4v) is 3.56. The Balaban J connectivity index is 1.77. The largest absolute Gasteiger partial charge is 0.309 e. The Bertz CT molecular complexity index is 336. The highest BCUT2D eigenvalue weighted by Gasteiger charge is 2.12. The first-order valence-electron chi connectivity index (χ1n) is 7.48. The van der Waals surface area contributed by atoms with Gasteiger partial charge in [0.1, 0.15) is 0 Å². The molecule has 1 unspecified atom stereocenters. The maximum Gasteiger partial charge on any atom is 0.0320 e. The number of thioether (sulfide) groups is 1. The zero-order chi connectivity index (χ0) is 13.3. The Morgan fingerprint density at radius 2 is 1.95 bits per heavy atom. The predicted molar refractivity (Wildman–Crippen MR) is 85.9 cm³/mol. The summed E-state index contributed by atoms with van der Waals surface area (Å²) in [6.07, 6.45) is 2.45. The van der Waals surface area contributed by atoms with Gasteiger partial charge in [0.25, 0.3) is 0 Å². The van der Waals surface area contributed by atoms with Gasteiger partial charge in [-0.3, -0.25) is 0 Å². The van der Waals surface area contributed by atoms with Crippen molar-refractivity contribution in [2.45, 2.75) is 25.8 Å². The first-order chi connectivity index (χ1) is 9.40. The van der Waals surface area contributed by atoms with Gasteiger partial charge in [-0.1, -0.05) is 43.7 Å². The van der Waals surface area contributed by atoms with Crippen molar-refractivity contribution in [1.82, 2.24) is 10.2 Å². The Hall–Kier alpha value is -0.510. The third-order valence-corrected chi connectivity index (χ3v) is 4.64. The third-order valence-electron chi connectivity index (χ3n) is 3.70. The molecule has 0 aliphatic carbocycles. The molecule has 1 heterocycles. The Labute approximate surface area is 122 Å². The standard InChI is InChI=1S/C16H26N2S/c1-2-6-16(15-7-4-3-5-8-15)17-9-10-18-11-13-19-14-12-18/h3-5,7-8,16-17H,2,6,9-14H2,1H3. The van der Waals surface area contributed by atoms with Gasteiger partial charge in [-0.25, -0.2) is 0 Å². The fraction of sp³-hybridized carbons (Fsp3) is 0.625. The lowest BCUT2D eigenvalue weighted by atomic mass is 10.0. The van der Waals surface area contributed by atoms with Crippen LogP contribution in [-0.4, -0.2) is 42.6 Å². The van der Waals surface area contributed by atoms with E-state index in [1.807, 2.05) is 0 Å². The van der Waals surface area contributed by atoms with Crippen LogP contribution >= 0.6 is 11.8 Å². The van der Waals surface area contributed by atoms with E-state index >= 15 is 0 Å². The summed E-state index contributed by atoms with van der Waals surface area (Å²) in [5.41, 5.74) is 1.43. The molecule has 0 spiro atoms. The number of hydrogen-bond acceptors (Lipinski definition) is 3. The fourth-order valence-electron chi connectivity index (χ4n) is 2.58. The quantitative estimate of drug-likeness (QED) is 0.825. The van der Waals surface area contributed by atoms with Crippen molar-refractivity contribution in [3.63, 3.8) is 0 Å². The van der Waals surface area contributed by atoms with Crippen molar-refractivity contribution in [2.75, 3.05) is 37.7 Å². The molecule has 1 fully saturated rings. The second-order valence-corrected chi connectivity index (χ2v) is 6.38. The summed E-state index contributed by atoms with van der Waals surface area (Å²) in [6, 6.07) is 11.4. The minimum absolute atomic E-state index is 0.519. The molecule has 19 heavy (non-hydrogen) atoms. The number of hydrogen-bond donors (Lipinski definition) is 1. The van der Waals surface area contributed by atoms with E-state index < -0.39 is 0 Å². The average Bonchev–Trinajstić information content (AvgIpc) is 2.48. The van der Waals surface area contributed by atoms with Crippen LogP contribution in [0.15, 0.2) is 30.3 Å². The van der Waals surface area contributed by atoms with Crippen molar-refractivity contribution in [3.05, 3.63) is 35.9 Å². The van der Waals surface area contributed by atoms with E-state index in [4.69, 9.17) is 0 Å². The minimum atomic E-state index is 0.519. The second-order valence-electron chi connectivity index (χ2n) is 5.16. The van der Waals surface area contributed by atoms with Crippen molar-refractivity contribution in [3.8, 4) is 0 Å². The van der Waals surface area contributed by atoms with Gasteiger partial charge >= 0.3 is 0 Å². The van der Waals surface area contributed by atoms with Crippen LogP contribution in [0.1, 0.15) is 31.4 Å². The van der Waals surface area contributed by atoms with E-state index in [0.29, 0.717) is 6.04 Å². The van der Waals surface area contributed by atoms with E-state index in [1.54, 1.807) is 0 Å². The van der Waals surface area contributed by atoms with Crippen LogP contribution in [0.2, 0.25) is 0 Å². The maximum atomic E-state index is 3.74. The monoisotopic (exact) mass is 278 g/mol. The van der Waals surface area contributed by atoms with E-state index in [-0.39, 0.29) is 0 Å². The van der Waals surface area contributed by atoms with Crippen LogP contribution < -0.4 is 5.32 Å². The summed E-state index contributed by atoms with van der Waals surface area (Å²) in [5.74, 6) is 2.61. The average molecular weight is 278 g/mol. The highest BCUT2D eigenvalue weighted by Crippen LogP contribution is 2.17. The van der Waals surface area contributed by atoms with Crippen molar-refractivity contribution in [2.24, 2.45) is 0 Å². The molecule has 0 aromatic heterocycles. The second kappa shape index (κ2) is 8.62. The number of rotatable bonds is 7. The first-order valence-corrected chi connectivity index (χ1v) is 8.64. The van der Waals surface area contributed by atoms with Crippen molar-refractivity contribution in [1.29, 1.82) is 0 Å². The number of benzene rings is 1. The van der Waals surface area contributed by atoms with Gasteiger partial charge in [0.05, 0.1) is 0 Å². The van der Waals surface area contributed by atoms with E-state index in [0.717, 1.165) is 6.54 Å². The molecule has 0 amide bonds. The molecule has 1 N–H and O–H groups in total. The van der Waals surface area contributed by atoms with E-state index in [9.17, 15) is 0 Å². The van der Waals surface area contributed by atoms with Gasteiger partial charge < -0.3 is 10.2 Å². The molecular formula is C16H26N2S. The summed E-state index contributed by atoms with van der Waals surface area (Å²) in [4.78, 5) is 2.58. The lowest BCUT2D eigenvalue weighted by molar-refractivity contribution is 0.293. The van der Waals surface area contributed by atoms with Gasteiger partial charge in [0.2, 0.25) is 0 Å². The van der Waals surface area contributed by atoms with Gasteiger partial charge in [0.15, 0.2) is 0 Å². The highest BCUT2D eigenvalue weighted by molar-refractivity contribution is 7.99. The Morgan fingerprint density at radius 3 is 2.63 bits per heavy atom. The number of nitrogens with zero attached hydrogens (tertiary/aromatic N) is 1. The summed E-state index contributed by atoms with van der Waals surface area (Å²) in [6.45, 7) is 7.07. The molecular weight excluding hydrogens is 252 g/mol. The van der Waals surface area contributed by atoms with Crippen LogP contribution in [0, 0.1) is 0 Å². The molecule has 0 saturated carbocycles. The molecule has 1 aliphatic heterocycles. The summed E-state index contributed by atoms with van der Waals surface area (Å²) >= 11 is 2.08. The van der Waals surface area contributed by atoms with Crippen molar-refractivity contribution < 1.29 is 0 Å². The molecule has 1 aromatic carbocycles. The topological polar surface area (TPSA) is 15.3 Å². The normalized spacial score (nSPS) is 18.4. The summed E-state index contributed by atoms with van der Waals surface area (Å²) in [7, 11) is 0. The molecule has 0 bridgehead atoms. The molecule has 2 rings (SSSR count). The minimum Gasteiger partial charge on any atom is -0.309 e. The molecule has 0 radical (unpaired) electrons. The van der Waals surface area contributed by atoms with Crippen LogP contribution in [0.4, 0.5) is 0 Å². The zero-order valence-corrected chi connectivity index (χ0v) is 12.8. The molecule has 1 aliphatic rings. The number of nitrogens with one attached hydrogen (secondary N) is 1. The lowest BCUT2D eigenvalue weighted by Gasteiger charge is -2.27. The third kappa shape index (κ3) is 5.17. The van der Waals surface area contributed by atoms with E-state index in [1.165, 1.54) is 49.5 Å². The van der Waals surface area contributed by atoms with Crippen LogP contribution in [-0.2, 0) is 0 Å². The first kappa shape index (κ1) is 14.9. The molecule has 2 nitrogen and oxygen atoms in total. The van der Waals surface area contributed by atoms with Crippen LogP contribution in [0.25, 0.3) is 0 Å². The lowest BCUT2D eigenvalue weighted by Crippen LogP contribution is -2.38. The molecule has 106 valence electrons. The van der Waals surface area contributed by atoms with Crippen LogP contribution in [0.5, 0.6) is 0 Å². The molecule has 3 heteroatoms. The molecule has 1 atom stereocenters. The summed E-state index contributed by atoms with van der Waals surface area (Å²) in [5, 5.41) is 3.74. The molecule has 1 saturated heterocycles. The van der Waals surface area contributed by atoms with Crippen LogP contribution in [0.3, 0.4) is 0 Å². The summed E-state index contributed by atoms with van der Waals surface area (Å²) < 4.78 is 0. The smallest absolute Gasteiger partial charge is 0.0320 e. The SMILES string of the molecule is CCCC(NCCN1CCSCC1)c1ccccc1. The van der Waals surface area contributed by atoms with Gasteiger partial charge in [-0.15, -0.1) is 0 Å².